The molecule has 0 aliphatic carbocycles. The molecule has 4 rings (SSSR count). The molecular formula is C36H60N8O13. The summed E-state index contributed by atoms with van der Waals surface area (Å²) in [5.74, 6) is -4.77. The van der Waals surface area contributed by atoms with Crippen LogP contribution >= 0.6 is 0 Å². The number of aliphatic carboxylic acids is 3. The number of carbonyl (C=O) groups excluding carboxylic acids is 4. The highest BCUT2D eigenvalue weighted by molar-refractivity contribution is 5.90. The summed E-state index contributed by atoms with van der Waals surface area (Å²) in [5.41, 5.74) is 27.4. The minimum absolute atomic E-state index is 0.184. The molecule has 3 aliphatic heterocycles. The summed E-state index contributed by atoms with van der Waals surface area (Å²) < 4.78 is 14.6. The van der Waals surface area contributed by atoms with Crippen LogP contribution in [-0.4, -0.2) is 132 Å². The number of rotatable bonds is 16. The van der Waals surface area contributed by atoms with Crippen LogP contribution in [0.15, 0.2) is 24.3 Å². The highest BCUT2D eigenvalue weighted by atomic mass is 16.6. The maximum atomic E-state index is 11.9. The topological polar surface area (TPSA) is 374 Å². The lowest BCUT2D eigenvalue weighted by Crippen LogP contribution is -2.39. The van der Waals surface area contributed by atoms with E-state index >= 15 is 0 Å². The summed E-state index contributed by atoms with van der Waals surface area (Å²) in [4.78, 5) is 76.7. The lowest BCUT2D eigenvalue weighted by molar-refractivity contribution is -0.161. The largest absolute Gasteiger partial charge is 0.480 e. The number of esters is 4. The number of hydrogen-bond acceptors (Lipinski definition) is 18. The Hall–Kier alpha value is -4.61. The van der Waals surface area contributed by atoms with E-state index in [9.17, 15) is 33.6 Å². The van der Waals surface area contributed by atoms with E-state index in [0.717, 1.165) is 76.6 Å². The highest BCUT2D eigenvalue weighted by Gasteiger charge is 2.26. The lowest BCUT2D eigenvalue weighted by Gasteiger charge is -2.13. The number of hydrogen-bond donors (Lipinski definition) is 11. The van der Waals surface area contributed by atoms with Gasteiger partial charge in [0, 0.05) is 0 Å². The highest BCUT2D eigenvalue weighted by Crippen LogP contribution is 2.16. The molecule has 16 N–H and O–H groups in total. The monoisotopic (exact) mass is 812 g/mol. The van der Waals surface area contributed by atoms with Crippen LogP contribution in [0.3, 0.4) is 0 Å². The Morgan fingerprint density at radius 3 is 1.63 bits per heavy atom. The Kier molecular flexibility index (Phi) is 24.7. The normalized spacial score (nSPS) is 20.3. The second-order valence-corrected chi connectivity index (χ2v) is 13.5. The number of ether oxygens (including phenoxy) is 3. The van der Waals surface area contributed by atoms with Gasteiger partial charge in [-0.3, -0.25) is 19.2 Å². The molecule has 3 heterocycles. The maximum absolute atomic E-state index is 11.9. The second-order valence-electron chi connectivity index (χ2n) is 13.5. The van der Waals surface area contributed by atoms with Gasteiger partial charge in [0.25, 0.3) is 0 Å². The summed E-state index contributed by atoms with van der Waals surface area (Å²) in [7, 11) is 0. The van der Waals surface area contributed by atoms with Gasteiger partial charge >= 0.3 is 41.8 Å². The molecule has 1 aromatic carbocycles. The third-order valence-electron chi connectivity index (χ3n) is 8.53. The molecule has 7 atom stereocenters. The molecule has 0 spiro atoms. The molecule has 0 saturated carbocycles. The van der Waals surface area contributed by atoms with Gasteiger partial charge in [-0.15, -0.1) is 0 Å². The molecule has 21 nitrogen and oxygen atoms in total. The summed E-state index contributed by atoms with van der Waals surface area (Å²) in [5, 5.41) is 34.0. The zero-order valence-corrected chi connectivity index (χ0v) is 32.3. The van der Waals surface area contributed by atoms with Crippen molar-refractivity contribution in [2.45, 2.75) is 113 Å². The summed E-state index contributed by atoms with van der Waals surface area (Å²) >= 11 is 0. The number of nitrogens with one attached hydrogen (secondary N) is 3. The van der Waals surface area contributed by atoms with Crippen LogP contribution in [-0.2, 0) is 49.5 Å². The van der Waals surface area contributed by atoms with Crippen LogP contribution in [0.2, 0.25) is 0 Å². The van der Waals surface area contributed by atoms with E-state index in [1.807, 2.05) is 0 Å². The van der Waals surface area contributed by atoms with Crippen molar-refractivity contribution in [1.82, 2.24) is 16.0 Å². The van der Waals surface area contributed by atoms with Crippen LogP contribution in [0, 0.1) is 0 Å². The van der Waals surface area contributed by atoms with Crippen LogP contribution < -0.4 is 49.4 Å². The lowest BCUT2D eigenvalue weighted by atomic mass is 10.1. The van der Waals surface area contributed by atoms with Gasteiger partial charge in [0.2, 0.25) is 0 Å². The van der Waals surface area contributed by atoms with Crippen molar-refractivity contribution in [2.75, 3.05) is 32.8 Å². The molecule has 0 aromatic heterocycles. The first kappa shape index (κ1) is 50.4. The Morgan fingerprint density at radius 1 is 0.702 bits per heavy atom. The molecule has 1 aromatic rings. The minimum atomic E-state index is -1.17. The molecule has 3 fully saturated rings. The maximum Gasteiger partial charge on any atom is 0.330 e. The van der Waals surface area contributed by atoms with E-state index in [1.165, 1.54) is 6.92 Å². The number of benzene rings is 1. The predicted octanol–water partition coefficient (Wildman–Crippen LogP) is -2.33. The van der Waals surface area contributed by atoms with Gasteiger partial charge in [0.1, 0.15) is 54.6 Å². The van der Waals surface area contributed by atoms with Gasteiger partial charge < -0.3 is 74.1 Å². The van der Waals surface area contributed by atoms with Crippen molar-refractivity contribution >= 4 is 41.8 Å². The summed E-state index contributed by atoms with van der Waals surface area (Å²) in [6.07, 6.45) is 7.53. The number of carboxylic acids is 3. The molecule has 21 heteroatoms. The minimum Gasteiger partial charge on any atom is -0.480 e. The van der Waals surface area contributed by atoms with Gasteiger partial charge in [-0.2, -0.15) is 0 Å². The SMILES string of the molecule is C[C@H](N)C(=O)OC(=O)[C@@H](N)Cc1ccc(OC(=O)[C@@H]2CCCN2)cc1.NCCCC[C@H](N)C(=O)O.N[C@@H](COC(=O)[C@@H]1CCCN1)C(=O)O.O=C(O)[C@@H]1CCCN1. The number of nitrogens with two attached hydrogens (primary N) is 5. The fourth-order valence-electron chi connectivity index (χ4n) is 5.13. The van der Waals surface area contributed by atoms with Crippen molar-refractivity contribution in [1.29, 1.82) is 0 Å². The van der Waals surface area contributed by atoms with Crippen molar-refractivity contribution in [3.05, 3.63) is 29.8 Å². The number of carbonyl (C=O) groups is 7. The van der Waals surface area contributed by atoms with Crippen LogP contribution in [0.25, 0.3) is 0 Å². The third kappa shape index (κ3) is 21.5. The van der Waals surface area contributed by atoms with E-state index < -0.39 is 60.0 Å². The van der Waals surface area contributed by atoms with Crippen LogP contribution in [0.5, 0.6) is 5.75 Å². The van der Waals surface area contributed by atoms with E-state index in [4.69, 9.17) is 53.5 Å². The predicted molar refractivity (Wildman–Crippen MR) is 204 cm³/mol. The zero-order chi connectivity index (χ0) is 42.9. The molecular weight excluding hydrogens is 752 g/mol. The Labute approximate surface area is 331 Å². The van der Waals surface area contributed by atoms with Gasteiger partial charge in [0.15, 0.2) is 0 Å². The van der Waals surface area contributed by atoms with Gasteiger partial charge in [-0.05, 0) is 109 Å². The fourth-order valence-corrected chi connectivity index (χ4v) is 5.13. The average molecular weight is 813 g/mol. The van der Waals surface area contributed by atoms with Crippen molar-refractivity contribution in [2.24, 2.45) is 28.7 Å². The van der Waals surface area contributed by atoms with Crippen molar-refractivity contribution in [3.63, 3.8) is 0 Å². The van der Waals surface area contributed by atoms with Crippen molar-refractivity contribution < 1.29 is 63.1 Å². The van der Waals surface area contributed by atoms with Gasteiger partial charge in [-0.1, -0.05) is 18.6 Å². The molecule has 3 saturated heterocycles. The van der Waals surface area contributed by atoms with E-state index in [0.29, 0.717) is 18.7 Å². The van der Waals surface area contributed by atoms with E-state index in [1.54, 1.807) is 24.3 Å². The smallest absolute Gasteiger partial charge is 0.330 e. The molecule has 0 unspecified atom stereocenters. The molecule has 0 bridgehead atoms. The number of unbranched alkanes of at least 4 members (excludes halogenated alkanes) is 1. The zero-order valence-electron chi connectivity index (χ0n) is 32.3. The first-order valence-corrected chi connectivity index (χ1v) is 18.8. The standard InChI is InChI=1S/C17H23N3O5.C8H14N2O4.C6H14N2O2.C5H9NO2/c1-10(18)15(21)25-16(22)13(19)9-11-4-6-12(7-5-11)24-17(23)14-3-2-8-20-14;9-5(7(11)12)4-14-8(13)6-2-1-3-10-6;7-4-2-1-3-5(8)6(9)10;7-5(8)4-2-1-3-6-4/h4-7,10,13-14,20H,2-3,8-9,18-19H2,1H3;5-6,10H,1-4,9H2,(H,11,12);5H,1-4,7-8H2,(H,9,10);4,6H,1-3H2,(H,7,8)/t10-,13-,14-;5-,6-;5-;4-/m0000/s1. The van der Waals surface area contributed by atoms with E-state index in [2.05, 4.69) is 20.7 Å². The molecule has 322 valence electrons. The Bertz CT molecular complexity index is 1420. The summed E-state index contributed by atoms with van der Waals surface area (Å²) in [6.45, 7) is 4.22. The average Bonchev–Trinajstić information content (AvgIpc) is 4.00. The van der Waals surface area contributed by atoms with Gasteiger partial charge in [-0.25, -0.2) is 14.4 Å². The quantitative estimate of drug-likeness (QED) is 0.0361. The Morgan fingerprint density at radius 2 is 1.21 bits per heavy atom. The van der Waals surface area contributed by atoms with Gasteiger partial charge in [0.05, 0.1) is 0 Å². The molecule has 0 amide bonds. The van der Waals surface area contributed by atoms with Crippen LogP contribution in [0.1, 0.15) is 70.3 Å². The fraction of sp³-hybridized carbons (Fsp3) is 0.639. The number of carboxylic acid groups (broad SMARTS) is 3. The second kappa shape index (κ2) is 27.9. The molecule has 57 heavy (non-hydrogen) atoms. The molecule has 3 aliphatic rings. The Balaban J connectivity index is 0.000000425. The molecule has 0 radical (unpaired) electrons. The first-order chi connectivity index (χ1) is 27.0. The summed E-state index contributed by atoms with van der Waals surface area (Å²) in [6, 6.07) is 2.11. The first-order valence-electron chi connectivity index (χ1n) is 18.8. The third-order valence-corrected chi connectivity index (χ3v) is 8.53. The van der Waals surface area contributed by atoms with Crippen LogP contribution in [0.4, 0.5) is 0 Å². The van der Waals surface area contributed by atoms with E-state index in [-0.39, 0.29) is 37.1 Å². The van der Waals surface area contributed by atoms with Crippen molar-refractivity contribution in [3.8, 4) is 5.75 Å².